The molecule has 3 heterocycles. The van der Waals surface area contributed by atoms with Crippen molar-refractivity contribution in [3.8, 4) is 0 Å². The molecule has 0 bridgehead atoms. The van der Waals surface area contributed by atoms with Gasteiger partial charge in [0, 0.05) is 24.0 Å². The van der Waals surface area contributed by atoms with Crippen molar-refractivity contribution in [2.24, 2.45) is 5.92 Å². The van der Waals surface area contributed by atoms with Gasteiger partial charge >= 0.3 is 0 Å². The Morgan fingerprint density at radius 1 is 1.12 bits per heavy atom. The lowest BCUT2D eigenvalue weighted by molar-refractivity contribution is 0.0981. The maximum Gasteiger partial charge on any atom is 0.281 e. The van der Waals surface area contributed by atoms with E-state index < -0.39 is 15.9 Å². The fraction of sp³-hybridized carbons (Fsp3) is 0.292. The van der Waals surface area contributed by atoms with Crippen molar-refractivity contribution < 1.29 is 17.6 Å². The molecule has 1 aliphatic heterocycles. The van der Waals surface area contributed by atoms with E-state index in [1.54, 1.807) is 24.4 Å². The van der Waals surface area contributed by atoms with Crippen LogP contribution in [0.3, 0.4) is 0 Å². The summed E-state index contributed by atoms with van der Waals surface area (Å²) in [5.74, 6) is -0.105. The van der Waals surface area contributed by atoms with Crippen molar-refractivity contribution in [1.29, 1.82) is 0 Å². The summed E-state index contributed by atoms with van der Waals surface area (Å²) in [6, 6.07) is 13.1. The van der Waals surface area contributed by atoms with Crippen molar-refractivity contribution in [2.45, 2.75) is 37.8 Å². The number of rotatable bonds is 6. The SMILES string of the molecule is CC1CCN(c2ncccc2C(=O)NS(=O)(=O)c2cccc(Nc3ccc(F)cc3)n2)C1(C)C. The van der Waals surface area contributed by atoms with Crippen LogP contribution in [0, 0.1) is 11.7 Å². The molecule has 2 aromatic heterocycles. The third-order valence-corrected chi connectivity index (χ3v) is 7.55. The highest BCUT2D eigenvalue weighted by Gasteiger charge is 2.40. The largest absolute Gasteiger partial charge is 0.351 e. The topological polar surface area (TPSA) is 104 Å². The molecule has 1 aromatic carbocycles. The van der Waals surface area contributed by atoms with E-state index in [4.69, 9.17) is 0 Å². The van der Waals surface area contributed by atoms with Crippen LogP contribution in [0.25, 0.3) is 0 Å². The molecule has 4 rings (SSSR count). The highest BCUT2D eigenvalue weighted by Crippen LogP contribution is 2.38. The van der Waals surface area contributed by atoms with Crippen molar-refractivity contribution in [1.82, 2.24) is 14.7 Å². The molecule has 1 aliphatic rings. The lowest BCUT2D eigenvalue weighted by atomic mass is 9.90. The second kappa shape index (κ2) is 9.02. The Kier molecular flexibility index (Phi) is 6.26. The monoisotopic (exact) mass is 483 g/mol. The van der Waals surface area contributed by atoms with Gasteiger partial charge in [-0.1, -0.05) is 13.0 Å². The van der Waals surface area contributed by atoms with Crippen LogP contribution in [0.2, 0.25) is 0 Å². The Bertz CT molecular complexity index is 1310. The molecule has 0 saturated carbocycles. The molecule has 8 nitrogen and oxygen atoms in total. The number of amides is 1. The molecular weight excluding hydrogens is 457 g/mol. The first-order chi connectivity index (χ1) is 16.1. The van der Waals surface area contributed by atoms with Crippen molar-refractivity contribution in [3.05, 3.63) is 72.2 Å². The molecule has 1 unspecified atom stereocenters. The fourth-order valence-electron chi connectivity index (χ4n) is 3.94. The summed E-state index contributed by atoms with van der Waals surface area (Å²) in [7, 11) is -4.27. The number of benzene rings is 1. The summed E-state index contributed by atoms with van der Waals surface area (Å²) >= 11 is 0. The van der Waals surface area contributed by atoms with Crippen LogP contribution < -0.4 is 14.9 Å². The molecule has 178 valence electrons. The van der Waals surface area contributed by atoms with Crippen LogP contribution >= 0.6 is 0 Å². The lowest BCUT2D eigenvalue weighted by Crippen LogP contribution is -2.43. The van der Waals surface area contributed by atoms with Crippen LogP contribution in [0.1, 0.15) is 37.6 Å². The number of halogens is 1. The van der Waals surface area contributed by atoms with Gasteiger partial charge in [-0.05, 0) is 74.7 Å². The van der Waals surface area contributed by atoms with Crippen LogP contribution in [0.5, 0.6) is 0 Å². The van der Waals surface area contributed by atoms with E-state index in [2.05, 4.69) is 40.8 Å². The van der Waals surface area contributed by atoms with Gasteiger partial charge in [0.1, 0.15) is 17.5 Å². The second-order valence-electron chi connectivity index (χ2n) is 8.80. The minimum Gasteiger partial charge on any atom is -0.351 e. The van der Waals surface area contributed by atoms with E-state index in [0.717, 1.165) is 13.0 Å². The zero-order valence-corrected chi connectivity index (χ0v) is 19.9. The average molecular weight is 484 g/mol. The summed E-state index contributed by atoms with van der Waals surface area (Å²) < 4.78 is 41.2. The minimum absolute atomic E-state index is 0.175. The van der Waals surface area contributed by atoms with E-state index in [1.165, 1.54) is 36.4 Å². The summed E-state index contributed by atoms with van der Waals surface area (Å²) in [4.78, 5) is 23.6. The van der Waals surface area contributed by atoms with Crippen LogP contribution in [0.15, 0.2) is 65.8 Å². The van der Waals surface area contributed by atoms with E-state index in [0.29, 0.717) is 17.4 Å². The third-order valence-electron chi connectivity index (χ3n) is 6.32. The van der Waals surface area contributed by atoms with Gasteiger partial charge in [-0.15, -0.1) is 0 Å². The molecule has 34 heavy (non-hydrogen) atoms. The molecule has 0 radical (unpaired) electrons. The maximum absolute atomic E-state index is 13.1. The average Bonchev–Trinajstić information content (AvgIpc) is 3.07. The molecule has 2 N–H and O–H groups in total. The summed E-state index contributed by atoms with van der Waals surface area (Å²) in [5, 5.41) is 2.59. The molecule has 10 heteroatoms. The number of pyridine rings is 2. The summed E-state index contributed by atoms with van der Waals surface area (Å²) in [5.41, 5.74) is 0.480. The molecule has 1 atom stereocenters. The number of nitrogens with zero attached hydrogens (tertiary/aromatic N) is 3. The molecule has 1 fully saturated rings. The van der Waals surface area contributed by atoms with E-state index in [1.807, 2.05) is 4.90 Å². The Balaban J connectivity index is 1.57. The van der Waals surface area contributed by atoms with Gasteiger partial charge in [-0.3, -0.25) is 4.79 Å². The molecule has 0 spiro atoms. The van der Waals surface area contributed by atoms with Gasteiger partial charge in [-0.2, -0.15) is 8.42 Å². The third kappa shape index (κ3) is 4.72. The Morgan fingerprint density at radius 2 is 1.85 bits per heavy atom. The van der Waals surface area contributed by atoms with Crippen LogP contribution in [0.4, 0.5) is 21.7 Å². The predicted molar refractivity (Wildman–Crippen MR) is 128 cm³/mol. The number of carbonyl (C=O) groups is 1. The van der Waals surface area contributed by atoms with Gasteiger partial charge in [0.05, 0.1) is 5.56 Å². The first-order valence-corrected chi connectivity index (χ1v) is 12.4. The first kappa shape index (κ1) is 23.6. The van der Waals surface area contributed by atoms with Crippen molar-refractivity contribution in [2.75, 3.05) is 16.8 Å². The molecular formula is C24H26FN5O3S. The van der Waals surface area contributed by atoms with Gasteiger partial charge in [0.25, 0.3) is 15.9 Å². The summed E-state index contributed by atoms with van der Waals surface area (Å²) in [6.07, 6.45) is 2.53. The molecule has 0 aliphatic carbocycles. The zero-order valence-electron chi connectivity index (χ0n) is 19.1. The first-order valence-electron chi connectivity index (χ1n) is 10.9. The molecule has 1 amide bonds. The Morgan fingerprint density at radius 3 is 2.53 bits per heavy atom. The Labute approximate surface area is 198 Å². The number of aromatic nitrogens is 2. The van der Waals surface area contributed by atoms with E-state index in [-0.39, 0.29) is 27.8 Å². The highest BCUT2D eigenvalue weighted by molar-refractivity contribution is 7.90. The minimum atomic E-state index is -4.27. The van der Waals surface area contributed by atoms with Gasteiger partial charge in [0.2, 0.25) is 0 Å². The number of nitrogens with one attached hydrogen (secondary N) is 2. The highest BCUT2D eigenvalue weighted by atomic mass is 32.2. The van der Waals surface area contributed by atoms with E-state index in [9.17, 15) is 17.6 Å². The quantitative estimate of drug-likeness (QED) is 0.544. The molecule has 3 aromatic rings. The number of carbonyl (C=O) groups excluding carboxylic acids is 1. The molecule has 1 saturated heterocycles. The van der Waals surface area contributed by atoms with Crippen molar-refractivity contribution >= 4 is 33.3 Å². The number of anilines is 3. The number of sulfonamides is 1. The standard InChI is InChI=1S/C24H26FN5O3S/c1-16-13-15-30(24(16,2)3)22-19(6-5-14-26-22)23(31)29-34(32,33)21-8-4-7-20(28-21)27-18-11-9-17(25)10-12-18/h4-12,14,16H,13,15H2,1-3H3,(H,27,28)(H,29,31). The number of hydrogen-bond acceptors (Lipinski definition) is 7. The number of hydrogen-bond donors (Lipinski definition) is 2. The normalized spacial score (nSPS) is 17.4. The van der Waals surface area contributed by atoms with Gasteiger partial charge < -0.3 is 10.2 Å². The van der Waals surface area contributed by atoms with Crippen LogP contribution in [-0.2, 0) is 10.0 Å². The van der Waals surface area contributed by atoms with E-state index >= 15 is 0 Å². The fourth-order valence-corrected chi connectivity index (χ4v) is 4.88. The second-order valence-corrected chi connectivity index (χ2v) is 10.4. The van der Waals surface area contributed by atoms with Gasteiger partial charge in [-0.25, -0.2) is 19.1 Å². The maximum atomic E-state index is 13.1. The zero-order chi connectivity index (χ0) is 24.5. The summed E-state index contributed by atoms with van der Waals surface area (Å²) in [6.45, 7) is 7.03. The smallest absolute Gasteiger partial charge is 0.281 e. The predicted octanol–water partition coefficient (Wildman–Crippen LogP) is 4.10. The van der Waals surface area contributed by atoms with Crippen molar-refractivity contribution in [3.63, 3.8) is 0 Å². The van der Waals surface area contributed by atoms with Gasteiger partial charge in [0.15, 0.2) is 5.03 Å². The van der Waals surface area contributed by atoms with Crippen LogP contribution in [-0.4, -0.2) is 36.4 Å². The Hall–Kier alpha value is -3.53. The lowest BCUT2D eigenvalue weighted by Gasteiger charge is -2.36.